The maximum atomic E-state index is 10.3. The molecule has 1 aromatic rings. The third-order valence-electron chi connectivity index (χ3n) is 1.30. The second-order valence-corrected chi connectivity index (χ2v) is 2.78. The molecule has 0 amide bonds. The molecule has 0 aromatic heterocycles. The van der Waals surface area contributed by atoms with Crippen LogP contribution in [0, 0.1) is 0 Å². The minimum atomic E-state index is -2.02. The van der Waals surface area contributed by atoms with Crippen molar-refractivity contribution in [1.29, 1.82) is 0 Å². The van der Waals surface area contributed by atoms with E-state index in [0.29, 0.717) is 11.4 Å². The van der Waals surface area contributed by atoms with Crippen LogP contribution in [-0.2, 0) is 11.3 Å². The van der Waals surface area contributed by atoms with Gasteiger partial charge in [-0.2, -0.15) is 0 Å². The van der Waals surface area contributed by atoms with Crippen molar-refractivity contribution in [3.8, 4) is 5.75 Å². The van der Waals surface area contributed by atoms with E-state index in [1.807, 2.05) is 0 Å². The number of benzene rings is 1. The number of ether oxygens (including phenoxy) is 1. The lowest BCUT2D eigenvalue weighted by molar-refractivity contribution is 0.415. The highest BCUT2D eigenvalue weighted by molar-refractivity contribution is 7.80. The fraction of sp³-hybridized carbons (Fsp3) is 0.143. The molecule has 12 heavy (non-hydrogen) atoms. The Hall–Kier alpha value is -1.07. The van der Waals surface area contributed by atoms with Gasteiger partial charge in [-0.05, 0) is 24.3 Å². The number of anilines is 1. The van der Waals surface area contributed by atoms with Crippen molar-refractivity contribution < 1.29 is 13.5 Å². The van der Waals surface area contributed by atoms with Gasteiger partial charge >= 0.3 is 0 Å². The van der Waals surface area contributed by atoms with E-state index in [9.17, 15) is 4.21 Å². The number of hydrogen-bond acceptors (Lipinski definition) is 2. The highest BCUT2D eigenvalue weighted by atomic mass is 32.2. The maximum absolute atomic E-state index is 10.3. The Morgan fingerprint density at radius 3 is 2.42 bits per heavy atom. The summed E-state index contributed by atoms with van der Waals surface area (Å²) in [6, 6.07) is 6.73. The summed E-state index contributed by atoms with van der Waals surface area (Å²) in [6.45, 7) is 0. The lowest BCUT2D eigenvalue weighted by atomic mass is 10.3. The van der Waals surface area contributed by atoms with Crippen molar-refractivity contribution in [2.75, 3.05) is 11.8 Å². The van der Waals surface area contributed by atoms with Gasteiger partial charge in [0.1, 0.15) is 5.75 Å². The van der Waals surface area contributed by atoms with Crippen LogP contribution in [0.2, 0.25) is 0 Å². The van der Waals surface area contributed by atoms with Crippen LogP contribution in [0.1, 0.15) is 0 Å². The number of rotatable bonds is 3. The molecule has 0 spiro atoms. The third kappa shape index (κ3) is 2.52. The Morgan fingerprint density at radius 2 is 2.00 bits per heavy atom. The van der Waals surface area contributed by atoms with Gasteiger partial charge in [0.2, 0.25) is 0 Å². The molecule has 5 heteroatoms. The highest BCUT2D eigenvalue weighted by Crippen LogP contribution is 2.14. The Bertz CT molecular complexity index is 272. The molecule has 0 bridgehead atoms. The summed E-state index contributed by atoms with van der Waals surface area (Å²) < 4.78 is 26.0. The van der Waals surface area contributed by atoms with Crippen LogP contribution in [0.4, 0.5) is 5.69 Å². The second kappa shape index (κ2) is 4.08. The highest BCUT2D eigenvalue weighted by Gasteiger charge is 1.94. The van der Waals surface area contributed by atoms with Crippen LogP contribution in [0.3, 0.4) is 0 Å². The zero-order valence-corrected chi connectivity index (χ0v) is 7.30. The van der Waals surface area contributed by atoms with Crippen LogP contribution in [0.5, 0.6) is 5.75 Å². The first-order valence-corrected chi connectivity index (χ1v) is 4.34. The lowest BCUT2D eigenvalue weighted by Crippen LogP contribution is -2.01. The molecule has 1 rings (SSSR count). The number of hydrogen-bond donors (Lipinski definition) is 2. The first-order valence-electron chi connectivity index (χ1n) is 3.24. The Labute approximate surface area is 73.0 Å². The number of methoxy groups -OCH3 is 1. The molecular formula is C7H9NO3S. The van der Waals surface area contributed by atoms with Crippen molar-refractivity contribution in [2.45, 2.75) is 0 Å². The molecular weight excluding hydrogens is 178 g/mol. The summed E-state index contributed by atoms with van der Waals surface area (Å²) in [5, 5.41) is 0. The Kier molecular flexibility index (Phi) is 3.07. The summed E-state index contributed by atoms with van der Waals surface area (Å²) in [7, 11) is 1.56. The van der Waals surface area contributed by atoms with E-state index in [1.54, 1.807) is 31.4 Å². The molecule has 2 N–H and O–H groups in total. The standard InChI is InChI=1S/C7H9NO3S/c1-11-7-4-2-6(3-5-7)8-12(9)10/h2-5,8H,1H3,(H,9,10). The zero-order valence-electron chi connectivity index (χ0n) is 6.48. The summed E-state index contributed by atoms with van der Waals surface area (Å²) in [5.74, 6) is 0.712. The average Bonchev–Trinajstić information content (AvgIpc) is 2.05. The van der Waals surface area contributed by atoms with Gasteiger partial charge in [-0.25, -0.2) is 4.21 Å². The molecule has 0 heterocycles. The fourth-order valence-electron chi connectivity index (χ4n) is 0.760. The molecule has 0 saturated heterocycles. The van der Waals surface area contributed by atoms with Crippen LogP contribution in [0.25, 0.3) is 0 Å². The van der Waals surface area contributed by atoms with E-state index in [-0.39, 0.29) is 0 Å². The summed E-state index contributed by atoms with van der Waals surface area (Å²) >= 11 is -2.02. The fourth-order valence-corrected chi connectivity index (χ4v) is 1.10. The predicted octanol–water partition coefficient (Wildman–Crippen LogP) is 1.24. The van der Waals surface area contributed by atoms with Gasteiger partial charge < -0.3 is 4.74 Å². The summed E-state index contributed by atoms with van der Waals surface area (Å²) in [6.07, 6.45) is 0. The van der Waals surface area contributed by atoms with Gasteiger partial charge in [0.15, 0.2) is 0 Å². The maximum Gasteiger partial charge on any atom is 0.259 e. The van der Waals surface area contributed by atoms with Crippen LogP contribution in [0.15, 0.2) is 24.3 Å². The Balaban J connectivity index is 2.71. The summed E-state index contributed by atoms with van der Waals surface area (Å²) in [5.41, 5.74) is 0.580. The van der Waals surface area contributed by atoms with Crippen LogP contribution in [-0.4, -0.2) is 15.9 Å². The molecule has 0 aliphatic rings. The van der Waals surface area contributed by atoms with Crippen LogP contribution < -0.4 is 9.46 Å². The van der Waals surface area contributed by atoms with E-state index >= 15 is 0 Å². The molecule has 0 aliphatic heterocycles. The van der Waals surface area contributed by atoms with Crippen molar-refractivity contribution >= 4 is 17.0 Å². The molecule has 0 aliphatic carbocycles. The van der Waals surface area contributed by atoms with Crippen LogP contribution >= 0.6 is 0 Å². The Morgan fingerprint density at radius 1 is 1.42 bits per heavy atom. The second-order valence-electron chi connectivity index (χ2n) is 2.08. The molecule has 4 nitrogen and oxygen atoms in total. The van der Waals surface area contributed by atoms with Gasteiger partial charge in [0, 0.05) is 5.69 Å². The van der Waals surface area contributed by atoms with Crippen molar-refractivity contribution in [2.24, 2.45) is 0 Å². The monoisotopic (exact) mass is 187 g/mol. The lowest BCUT2D eigenvalue weighted by Gasteiger charge is -2.02. The van der Waals surface area contributed by atoms with Gasteiger partial charge in [-0.1, -0.05) is 0 Å². The summed E-state index contributed by atoms with van der Waals surface area (Å²) in [4.78, 5) is 0. The third-order valence-corrected chi connectivity index (χ3v) is 1.71. The van der Waals surface area contributed by atoms with E-state index in [4.69, 9.17) is 9.29 Å². The number of nitrogens with one attached hydrogen (secondary N) is 1. The van der Waals surface area contributed by atoms with E-state index in [2.05, 4.69) is 4.72 Å². The van der Waals surface area contributed by atoms with E-state index in [0.717, 1.165) is 0 Å². The van der Waals surface area contributed by atoms with Gasteiger partial charge in [0.25, 0.3) is 11.3 Å². The van der Waals surface area contributed by atoms with Gasteiger partial charge in [0.05, 0.1) is 7.11 Å². The van der Waals surface area contributed by atoms with E-state index in [1.165, 1.54) is 0 Å². The minimum absolute atomic E-state index is 0.580. The molecule has 1 aromatic carbocycles. The van der Waals surface area contributed by atoms with Gasteiger partial charge in [-0.15, -0.1) is 0 Å². The predicted molar refractivity (Wildman–Crippen MR) is 47.4 cm³/mol. The first kappa shape index (κ1) is 9.02. The normalized spacial score (nSPS) is 12.2. The molecule has 0 radical (unpaired) electrons. The zero-order chi connectivity index (χ0) is 8.97. The first-order chi connectivity index (χ1) is 5.72. The van der Waals surface area contributed by atoms with E-state index < -0.39 is 11.3 Å². The van der Waals surface area contributed by atoms with Crippen molar-refractivity contribution in [1.82, 2.24) is 0 Å². The molecule has 1 unspecified atom stereocenters. The minimum Gasteiger partial charge on any atom is -0.497 e. The molecule has 1 atom stereocenters. The van der Waals surface area contributed by atoms with Gasteiger partial charge in [-0.3, -0.25) is 9.27 Å². The average molecular weight is 187 g/mol. The largest absolute Gasteiger partial charge is 0.497 e. The SMILES string of the molecule is COc1ccc(NS(=O)O)cc1. The molecule has 0 fully saturated rings. The van der Waals surface area contributed by atoms with Crippen molar-refractivity contribution in [3.05, 3.63) is 24.3 Å². The smallest absolute Gasteiger partial charge is 0.259 e. The topological polar surface area (TPSA) is 58.6 Å². The van der Waals surface area contributed by atoms with Crippen molar-refractivity contribution in [3.63, 3.8) is 0 Å². The quantitative estimate of drug-likeness (QED) is 0.700. The molecule has 0 saturated carbocycles. The molecule has 66 valence electrons.